The average Bonchev–Trinajstić information content (AvgIpc) is 2.80. The third kappa shape index (κ3) is 2.51. The van der Waals surface area contributed by atoms with Crippen LogP contribution in [0.3, 0.4) is 0 Å². The molecule has 1 saturated heterocycles. The molecule has 1 spiro atoms. The highest BCUT2D eigenvalue weighted by molar-refractivity contribution is 7.89. The highest BCUT2D eigenvalue weighted by atomic mass is 32.2. The van der Waals surface area contributed by atoms with Crippen LogP contribution < -0.4 is 0 Å². The number of ether oxygens (including phenoxy) is 1. The summed E-state index contributed by atoms with van der Waals surface area (Å²) in [5, 5.41) is 14.5. The van der Waals surface area contributed by atoms with Gasteiger partial charge in [0.05, 0.1) is 23.6 Å². The second kappa shape index (κ2) is 6.09. The van der Waals surface area contributed by atoms with Gasteiger partial charge in [0.25, 0.3) is 0 Å². The van der Waals surface area contributed by atoms with Crippen LogP contribution in [0, 0.1) is 19.3 Å². The molecule has 0 bridgehead atoms. The summed E-state index contributed by atoms with van der Waals surface area (Å²) in [5.74, 6) is 0. The Hall–Kier alpha value is -0.960. The number of aliphatic hydroxyl groups excluding tert-OH is 1. The van der Waals surface area contributed by atoms with Crippen molar-refractivity contribution >= 4 is 10.0 Å². The van der Waals surface area contributed by atoms with Gasteiger partial charge in [0.2, 0.25) is 10.0 Å². The van der Waals surface area contributed by atoms with E-state index in [0.29, 0.717) is 55.2 Å². The predicted octanol–water partition coefficient (Wildman–Crippen LogP) is 0.978. The summed E-state index contributed by atoms with van der Waals surface area (Å²) in [6, 6.07) is 0. The van der Waals surface area contributed by atoms with E-state index >= 15 is 0 Å². The smallest absolute Gasteiger partial charge is 0.246 e. The van der Waals surface area contributed by atoms with Crippen molar-refractivity contribution in [2.45, 2.75) is 57.1 Å². The summed E-state index contributed by atoms with van der Waals surface area (Å²) in [6.45, 7) is 6.90. The monoisotopic (exact) mass is 357 g/mol. The summed E-state index contributed by atoms with van der Waals surface area (Å²) in [4.78, 5) is 0.316. The number of nitrogens with zero attached hydrogens (tertiary/aromatic N) is 3. The standard InChI is InChI=1S/C16H27N3O4S/c1-5-23-14-10-13(20)16(14)6-8-19(9-7-16)24(21,22)15-11(2)17-18(4)12(15)3/h13-14,20H,5-10H2,1-4H3/t13-,14+/m1/s1. The van der Waals surface area contributed by atoms with E-state index in [1.807, 2.05) is 6.92 Å². The van der Waals surface area contributed by atoms with Gasteiger partial charge in [-0.25, -0.2) is 8.42 Å². The van der Waals surface area contributed by atoms with E-state index in [0.717, 1.165) is 0 Å². The van der Waals surface area contributed by atoms with E-state index in [1.165, 1.54) is 4.31 Å². The van der Waals surface area contributed by atoms with Crippen LogP contribution in [0.5, 0.6) is 0 Å². The molecule has 1 N–H and O–H groups in total. The molecule has 0 radical (unpaired) electrons. The molecule has 1 aliphatic carbocycles. The highest BCUT2D eigenvalue weighted by Gasteiger charge is 2.57. The first-order valence-electron chi connectivity index (χ1n) is 8.54. The minimum atomic E-state index is -3.56. The Labute approximate surface area is 143 Å². The number of sulfonamides is 1. The number of piperidine rings is 1. The zero-order valence-electron chi connectivity index (χ0n) is 14.8. The Morgan fingerprint density at radius 1 is 1.33 bits per heavy atom. The predicted molar refractivity (Wildman–Crippen MR) is 89.1 cm³/mol. The Kier molecular flexibility index (Phi) is 4.53. The average molecular weight is 357 g/mol. The second-order valence-electron chi connectivity index (χ2n) is 6.96. The maximum absolute atomic E-state index is 13.0. The lowest BCUT2D eigenvalue weighted by molar-refractivity contribution is -0.205. The molecule has 7 nitrogen and oxygen atoms in total. The first kappa shape index (κ1) is 17.8. The van der Waals surface area contributed by atoms with Crippen LogP contribution in [-0.2, 0) is 21.8 Å². The number of hydrogen-bond acceptors (Lipinski definition) is 5. The van der Waals surface area contributed by atoms with Crippen molar-refractivity contribution in [2.24, 2.45) is 12.5 Å². The van der Waals surface area contributed by atoms with Crippen LogP contribution >= 0.6 is 0 Å². The Morgan fingerprint density at radius 2 is 1.96 bits per heavy atom. The van der Waals surface area contributed by atoms with Crippen LogP contribution in [0.25, 0.3) is 0 Å². The molecule has 2 heterocycles. The Bertz CT molecular complexity index is 718. The molecule has 8 heteroatoms. The van der Waals surface area contributed by atoms with Gasteiger partial charge in [0.1, 0.15) is 4.90 Å². The van der Waals surface area contributed by atoms with Crippen LogP contribution in [0.4, 0.5) is 0 Å². The number of aromatic nitrogens is 2. The summed E-state index contributed by atoms with van der Waals surface area (Å²) in [5.41, 5.74) is 0.913. The van der Waals surface area contributed by atoms with Crippen molar-refractivity contribution in [1.82, 2.24) is 14.1 Å². The molecule has 3 rings (SSSR count). The first-order chi connectivity index (χ1) is 11.2. The van der Waals surface area contributed by atoms with E-state index in [2.05, 4.69) is 5.10 Å². The van der Waals surface area contributed by atoms with Crippen LogP contribution in [0.1, 0.15) is 37.6 Å². The second-order valence-corrected chi connectivity index (χ2v) is 8.83. The molecule has 2 atom stereocenters. The zero-order chi connectivity index (χ0) is 17.7. The quantitative estimate of drug-likeness (QED) is 0.868. The number of aryl methyl sites for hydroxylation is 2. The van der Waals surface area contributed by atoms with Crippen molar-refractivity contribution < 1.29 is 18.3 Å². The van der Waals surface area contributed by atoms with E-state index in [-0.39, 0.29) is 17.6 Å². The topological polar surface area (TPSA) is 84.7 Å². The normalized spacial score (nSPS) is 27.4. The maximum Gasteiger partial charge on any atom is 0.246 e. The third-order valence-electron chi connectivity index (χ3n) is 5.80. The SMILES string of the molecule is CCO[C@H]1C[C@@H](O)C12CCN(S(=O)(=O)c1c(C)nn(C)c1C)CC2. The van der Waals surface area contributed by atoms with Crippen molar-refractivity contribution in [3.8, 4) is 0 Å². The Morgan fingerprint density at radius 3 is 2.42 bits per heavy atom. The minimum absolute atomic E-state index is 0.0456. The molecule has 1 aromatic heterocycles. The van der Waals surface area contributed by atoms with Crippen LogP contribution in [0.15, 0.2) is 4.90 Å². The van der Waals surface area contributed by atoms with E-state index < -0.39 is 10.0 Å². The largest absolute Gasteiger partial charge is 0.392 e. The zero-order valence-corrected chi connectivity index (χ0v) is 15.6. The van der Waals surface area contributed by atoms with Gasteiger partial charge >= 0.3 is 0 Å². The number of aliphatic hydroxyl groups is 1. The van der Waals surface area contributed by atoms with Crippen LogP contribution in [-0.4, -0.2) is 59.5 Å². The van der Waals surface area contributed by atoms with Gasteiger partial charge in [0.15, 0.2) is 0 Å². The number of rotatable bonds is 4. The van der Waals surface area contributed by atoms with Gasteiger partial charge in [-0.05, 0) is 33.6 Å². The summed E-state index contributed by atoms with van der Waals surface area (Å²) < 4.78 is 34.9. The molecule has 0 amide bonds. The van der Waals surface area contributed by atoms with E-state index in [4.69, 9.17) is 4.74 Å². The lowest BCUT2D eigenvalue weighted by atomic mass is 9.58. The number of hydrogen-bond donors (Lipinski definition) is 1. The van der Waals surface area contributed by atoms with Gasteiger partial charge in [-0.2, -0.15) is 9.40 Å². The molecule has 1 aromatic rings. The Balaban J connectivity index is 1.79. The molecule has 1 aliphatic heterocycles. The fraction of sp³-hybridized carbons (Fsp3) is 0.812. The van der Waals surface area contributed by atoms with Crippen molar-refractivity contribution in [2.75, 3.05) is 19.7 Å². The van der Waals surface area contributed by atoms with Crippen molar-refractivity contribution in [3.63, 3.8) is 0 Å². The van der Waals surface area contributed by atoms with E-state index in [1.54, 1.807) is 25.6 Å². The summed E-state index contributed by atoms with van der Waals surface area (Å²) in [7, 11) is -1.80. The molecular weight excluding hydrogens is 330 g/mol. The summed E-state index contributed by atoms with van der Waals surface area (Å²) in [6.07, 6.45) is 1.58. The molecule has 24 heavy (non-hydrogen) atoms. The van der Waals surface area contributed by atoms with Crippen molar-refractivity contribution in [3.05, 3.63) is 11.4 Å². The third-order valence-corrected chi connectivity index (χ3v) is 7.96. The molecule has 136 valence electrons. The molecule has 1 saturated carbocycles. The minimum Gasteiger partial charge on any atom is -0.392 e. The maximum atomic E-state index is 13.0. The molecule has 0 unspecified atom stereocenters. The molecule has 2 aliphatic rings. The van der Waals surface area contributed by atoms with Gasteiger partial charge in [0, 0.05) is 38.6 Å². The first-order valence-corrected chi connectivity index (χ1v) is 9.98. The molecule has 0 aromatic carbocycles. The fourth-order valence-electron chi connectivity index (χ4n) is 4.22. The lowest BCUT2D eigenvalue weighted by Crippen LogP contribution is -2.62. The van der Waals surface area contributed by atoms with Gasteiger partial charge in [-0.1, -0.05) is 0 Å². The highest BCUT2D eigenvalue weighted by Crippen LogP contribution is 2.51. The fourth-order valence-corrected chi connectivity index (χ4v) is 6.06. The van der Waals surface area contributed by atoms with Gasteiger partial charge < -0.3 is 9.84 Å². The lowest BCUT2D eigenvalue weighted by Gasteiger charge is -2.56. The molecular formula is C16H27N3O4S. The summed E-state index contributed by atoms with van der Waals surface area (Å²) >= 11 is 0. The van der Waals surface area contributed by atoms with Gasteiger partial charge in [-0.15, -0.1) is 0 Å². The van der Waals surface area contributed by atoms with Crippen LogP contribution in [0.2, 0.25) is 0 Å². The van der Waals surface area contributed by atoms with Gasteiger partial charge in [-0.3, -0.25) is 4.68 Å². The molecule has 2 fully saturated rings. The van der Waals surface area contributed by atoms with Crippen molar-refractivity contribution in [1.29, 1.82) is 0 Å². The van der Waals surface area contributed by atoms with E-state index in [9.17, 15) is 13.5 Å².